The van der Waals surface area contributed by atoms with Crippen molar-refractivity contribution in [3.8, 4) is 5.69 Å². The van der Waals surface area contributed by atoms with Crippen LogP contribution in [0.2, 0.25) is 0 Å². The largest absolute Gasteiger partial charge is 0.378 e. The fraction of sp³-hybridized carbons (Fsp3) is 0.118. The van der Waals surface area contributed by atoms with E-state index in [0.717, 1.165) is 17.1 Å². The first-order chi connectivity index (χ1) is 10.7. The second-order valence-corrected chi connectivity index (χ2v) is 4.94. The predicted octanol–water partition coefficient (Wildman–Crippen LogP) is 4.07. The molecule has 1 aromatic heterocycles. The van der Waals surface area contributed by atoms with Crippen LogP contribution in [0, 0.1) is 18.6 Å². The molecule has 0 radical (unpaired) electrons. The molecular formula is C17H15F2N3. The number of rotatable bonds is 4. The predicted molar refractivity (Wildman–Crippen MR) is 82.0 cm³/mol. The molecule has 0 bridgehead atoms. The van der Waals surface area contributed by atoms with Crippen molar-refractivity contribution in [1.29, 1.82) is 0 Å². The molecule has 0 spiro atoms. The molecule has 0 fully saturated rings. The lowest BCUT2D eigenvalue weighted by Gasteiger charge is -2.09. The topological polar surface area (TPSA) is 29.9 Å². The van der Waals surface area contributed by atoms with E-state index >= 15 is 0 Å². The average Bonchev–Trinajstić information content (AvgIpc) is 2.89. The zero-order valence-corrected chi connectivity index (χ0v) is 12.1. The van der Waals surface area contributed by atoms with E-state index in [1.165, 1.54) is 18.2 Å². The van der Waals surface area contributed by atoms with E-state index in [-0.39, 0.29) is 12.1 Å². The Hall–Kier alpha value is -2.69. The van der Waals surface area contributed by atoms with E-state index in [1.54, 1.807) is 10.9 Å². The van der Waals surface area contributed by atoms with Gasteiger partial charge in [-0.1, -0.05) is 24.3 Å². The Bertz CT molecular complexity index is 762. The summed E-state index contributed by atoms with van der Waals surface area (Å²) in [7, 11) is 0. The SMILES string of the molecule is Cc1c(NCc2c(F)cccc2F)cnn1-c1ccccc1. The van der Waals surface area contributed by atoms with Gasteiger partial charge < -0.3 is 5.32 Å². The van der Waals surface area contributed by atoms with Crippen molar-refractivity contribution in [2.45, 2.75) is 13.5 Å². The molecule has 3 rings (SSSR count). The maximum absolute atomic E-state index is 13.6. The monoisotopic (exact) mass is 299 g/mol. The maximum atomic E-state index is 13.6. The molecule has 5 heteroatoms. The standard InChI is InChI=1S/C17H15F2N3/c1-12-17(11-21-22(12)13-6-3-2-4-7-13)20-10-14-15(18)8-5-9-16(14)19/h2-9,11,20H,10H2,1H3. The van der Waals surface area contributed by atoms with E-state index in [1.807, 2.05) is 37.3 Å². The molecule has 1 heterocycles. The van der Waals surface area contributed by atoms with Crippen molar-refractivity contribution >= 4 is 5.69 Å². The highest BCUT2D eigenvalue weighted by Crippen LogP contribution is 2.20. The number of anilines is 1. The van der Waals surface area contributed by atoms with Gasteiger partial charge in [-0.05, 0) is 31.2 Å². The summed E-state index contributed by atoms with van der Waals surface area (Å²) in [5, 5.41) is 7.35. The molecule has 0 unspecified atom stereocenters. The fourth-order valence-electron chi connectivity index (χ4n) is 2.30. The smallest absolute Gasteiger partial charge is 0.131 e. The highest BCUT2D eigenvalue weighted by atomic mass is 19.1. The van der Waals surface area contributed by atoms with Crippen molar-refractivity contribution in [3.05, 3.63) is 77.6 Å². The Balaban J connectivity index is 1.81. The molecule has 22 heavy (non-hydrogen) atoms. The molecule has 0 aliphatic rings. The molecule has 0 saturated heterocycles. The third-order valence-electron chi connectivity index (χ3n) is 3.53. The van der Waals surface area contributed by atoms with Crippen molar-refractivity contribution in [3.63, 3.8) is 0 Å². The van der Waals surface area contributed by atoms with Gasteiger partial charge >= 0.3 is 0 Å². The molecule has 3 nitrogen and oxygen atoms in total. The number of para-hydroxylation sites is 1. The van der Waals surface area contributed by atoms with Crippen LogP contribution in [0.3, 0.4) is 0 Å². The van der Waals surface area contributed by atoms with Gasteiger partial charge in [0.15, 0.2) is 0 Å². The number of hydrogen-bond acceptors (Lipinski definition) is 2. The first-order valence-electron chi connectivity index (χ1n) is 6.93. The van der Waals surface area contributed by atoms with Gasteiger partial charge in [0.1, 0.15) is 11.6 Å². The summed E-state index contributed by atoms with van der Waals surface area (Å²) in [4.78, 5) is 0. The lowest BCUT2D eigenvalue weighted by Crippen LogP contribution is -2.05. The highest BCUT2D eigenvalue weighted by Gasteiger charge is 2.11. The van der Waals surface area contributed by atoms with Gasteiger partial charge in [-0.2, -0.15) is 5.10 Å². The average molecular weight is 299 g/mol. The molecule has 0 aliphatic heterocycles. The molecule has 0 amide bonds. The quantitative estimate of drug-likeness (QED) is 0.787. The second kappa shape index (κ2) is 5.97. The van der Waals surface area contributed by atoms with E-state index < -0.39 is 11.6 Å². The van der Waals surface area contributed by atoms with E-state index in [0.29, 0.717) is 0 Å². The summed E-state index contributed by atoms with van der Waals surface area (Å²) < 4.78 is 29.0. The van der Waals surface area contributed by atoms with Crippen LogP contribution in [0.25, 0.3) is 5.69 Å². The van der Waals surface area contributed by atoms with Crippen molar-refractivity contribution < 1.29 is 8.78 Å². The number of halogens is 2. The summed E-state index contributed by atoms with van der Waals surface area (Å²) in [6.45, 7) is 1.97. The second-order valence-electron chi connectivity index (χ2n) is 4.94. The number of aromatic nitrogens is 2. The first kappa shape index (κ1) is 14.3. The Morgan fingerprint density at radius 2 is 1.68 bits per heavy atom. The zero-order valence-electron chi connectivity index (χ0n) is 12.1. The van der Waals surface area contributed by atoms with Gasteiger partial charge in [0.25, 0.3) is 0 Å². The summed E-state index contributed by atoms with van der Waals surface area (Å²) in [6, 6.07) is 13.5. The zero-order chi connectivity index (χ0) is 15.5. The third-order valence-corrected chi connectivity index (χ3v) is 3.53. The number of hydrogen-bond donors (Lipinski definition) is 1. The molecule has 0 atom stereocenters. The van der Waals surface area contributed by atoms with Gasteiger partial charge in [-0.15, -0.1) is 0 Å². The van der Waals surface area contributed by atoms with Gasteiger partial charge in [0.05, 0.1) is 23.3 Å². The number of nitrogens with one attached hydrogen (secondary N) is 1. The normalized spacial score (nSPS) is 10.7. The molecule has 0 aliphatic carbocycles. The summed E-state index contributed by atoms with van der Waals surface area (Å²) in [6.07, 6.45) is 1.65. The Morgan fingerprint density at radius 3 is 2.36 bits per heavy atom. The fourth-order valence-corrected chi connectivity index (χ4v) is 2.30. The van der Waals surface area contributed by atoms with E-state index in [2.05, 4.69) is 10.4 Å². The highest BCUT2D eigenvalue weighted by molar-refractivity contribution is 5.49. The van der Waals surface area contributed by atoms with Crippen LogP contribution in [0.15, 0.2) is 54.7 Å². The van der Waals surface area contributed by atoms with Crippen molar-refractivity contribution in [1.82, 2.24) is 9.78 Å². The maximum Gasteiger partial charge on any atom is 0.131 e. The number of benzene rings is 2. The lowest BCUT2D eigenvalue weighted by atomic mass is 10.2. The number of nitrogens with zero attached hydrogens (tertiary/aromatic N) is 2. The molecule has 2 aromatic carbocycles. The molecule has 0 saturated carbocycles. The summed E-state index contributed by atoms with van der Waals surface area (Å²) in [5.41, 5.74) is 2.58. The van der Waals surface area contributed by atoms with Crippen LogP contribution in [0.5, 0.6) is 0 Å². The summed E-state index contributed by atoms with van der Waals surface area (Å²) >= 11 is 0. The van der Waals surface area contributed by atoms with Gasteiger partial charge in [-0.25, -0.2) is 13.5 Å². The first-order valence-corrected chi connectivity index (χ1v) is 6.93. The van der Waals surface area contributed by atoms with Gasteiger partial charge in [0.2, 0.25) is 0 Å². The minimum Gasteiger partial charge on any atom is -0.378 e. The van der Waals surface area contributed by atoms with Crippen molar-refractivity contribution in [2.75, 3.05) is 5.32 Å². The van der Waals surface area contributed by atoms with Crippen LogP contribution < -0.4 is 5.32 Å². The Labute approximate surface area is 127 Å². The Morgan fingerprint density at radius 1 is 1.00 bits per heavy atom. The van der Waals surface area contributed by atoms with Crippen LogP contribution >= 0.6 is 0 Å². The molecule has 3 aromatic rings. The minimum atomic E-state index is -0.555. The third kappa shape index (κ3) is 2.70. The Kier molecular flexibility index (Phi) is 3.87. The summed E-state index contributed by atoms with van der Waals surface area (Å²) in [5.74, 6) is -1.11. The van der Waals surface area contributed by atoms with E-state index in [4.69, 9.17) is 0 Å². The van der Waals surface area contributed by atoms with Crippen LogP contribution in [0.1, 0.15) is 11.3 Å². The molecule has 112 valence electrons. The van der Waals surface area contributed by atoms with Gasteiger partial charge in [0, 0.05) is 12.1 Å². The lowest BCUT2D eigenvalue weighted by molar-refractivity contribution is 0.560. The van der Waals surface area contributed by atoms with Crippen LogP contribution in [-0.4, -0.2) is 9.78 Å². The van der Waals surface area contributed by atoms with Crippen LogP contribution in [0.4, 0.5) is 14.5 Å². The molecular weight excluding hydrogens is 284 g/mol. The van der Waals surface area contributed by atoms with Gasteiger partial charge in [-0.3, -0.25) is 0 Å². The van der Waals surface area contributed by atoms with Crippen molar-refractivity contribution in [2.24, 2.45) is 0 Å². The minimum absolute atomic E-state index is 0.0226. The van der Waals surface area contributed by atoms with E-state index in [9.17, 15) is 8.78 Å². The van der Waals surface area contributed by atoms with Crippen LogP contribution in [-0.2, 0) is 6.54 Å². The molecule has 1 N–H and O–H groups in total.